The number of nitrogens with one attached hydrogen (secondary N) is 1. The number of hydrogen-bond acceptors (Lipinski definition) is 4. The molecule has 0 radical (unpaired) electrons. The molecule has 26 heavy (non-hydrogen) atoms. The van der Waals surface area contributed by atoms with E-state index in [0.29, 0.717) is 12.1 Å². The Bertz CT molecular complexity index is 496. The highest BCUT2D eigenvalue weighted by Gasteiger charge is 2.22. The molecule has 0 saturated carbocycles. The van der Waals surface area contributed by atoms with Gasteiger partial charge in [-0.3, -0.25) is 4.99 Å². The predicted octanol–water partition coefficient (Wildman–Crippen LogP) is 3.08. The number of piperidine rings is 1. The van der Waals surface area contributed by atoms with Crippen LogP contribution < -0.4 is 5.32 Å². The zero-order valence-electron chi connectivity index (χ0n) is 16.6. The molecule has 148 valence electrons. The van der Waals surface area contributed by atoms with Gasteiger partial charge in [0.05, 0.1) is 12.4 Å². The molecule has 1 saturated heterocycles. The molecule has 6 heteroatoms. The number of likely N-dealkylation sites (tertiary alicyclic amines) is 1. The van der Waals surface area contributed by atoms with Crippen molar-refractivity contribution < 1.29 is 13.9 Å². The first kappa shape index (κ1) is 20.8. The maximum Gasteiger partial charge on any atom is 0.194 e. The molecule has 1 aromatic heterocycles. The van der Waals surface area contributed by atoms with Gasteiger partial charge in [0.1, 0.15) is 5.76 Å². The molecule has 6 nitrogen and oxygen atoms in total. The Morgan fingerprint density at radius 3 is 2.85 bits per heavy atom. The fraction of sp³-hybridized carbons (Fsp3) is 0.750. The quantitative estimate of drug-likeness (QED) is 0.392. The predicted molar refractivity (Wildman–Crippen MR) is 105 cm³/mol. The van der Waals surface area contributed by atoms with E-state index in [1.165, 1.54) is 0 Å². The number of methoxy groups -OCH3 is 1. The summed E-state index contributed by atoms with van der Waals surface area (Å²) in [5, 5.41) is 3.58. The third-order valence-electron chi connectivity index (χ3n) is 4.78. The van der Waals surface area contributed by atoms with E-state index in [1.54, 1.807) is 13.4 Å². The molecule has 1 aromatic rings. The minimum Gasteiger partial charge on any atom is -0.469 e. The molecule has 0 bridgehead atoms. The van der Waals surface area contributed by atoms with Gasteiger partial charge in [-0.1, -0.05) is 6.92 Å². The Morgan fingerprint density at radius 1 is 1.38 bits per heavy atom. The largest absolute Gasteiger partial charge is 0.469 e. The molecule has 1 aliphatic rings. The Kier molecular flexibility index (Phi) is 9.56. The molecule has 1 atom stereocenters. The van der Waals surface area contributed by atoms with Gasteiger partial charge in [0.25, 0.3) is 0 Å². The van der Waals surface area contributed by atoms with E-state index in [-0.39, 0.29) is 0 Å². The van der Waals surface area contributed by atoms with Gasteiger partial charge in [0.15, 0.2) is 5.96 Å². The van der Waals surface area contributed by atoms with Crippen LogP contribution in [0.3, 0.4) is 0 Å². The van der Waals surface area contributed by atoms with Crippen LogP contribution in [-0.2, 0) is 15.9 Å². The van der Waals surface area contributed by atoms with Gasteiger partial charge in [-0.15, -0.1) is 0 Å². The summed E-state index contributed by atoms with van der Waals surface area (Å²) in [4.78, 5) is 7.20. The van der Waals surface area contributed by atoms with Crippen molar-refractivity contribution in [2.75, 3.05) is 40.0 Å². The maximum atomic E-state index is 5.97. The zero-order valence-corrected chi connectivity index (χ0v) is 16.6. The number of hydrogen-bond donors (Lipinski definition) is 1. The smallest absolute Gasteiger partial charge is 0.194 e. The maximum absolute atomic E-state index is 5.97. The van der Waals surface area contributed by atoms with Gasteiger partial charge in [0, 0.05) is 52.4 Å². The molecule has 0 spiro atoms. The van der Waals surface area contributed by atoms with Crippen LogP contribution in [0.15, 0.2) is 27.8 Å². The minimum atomic E-state index is 0.357. The van der Waals surface area contributed by atoms with Crippen LogP contribution in [0.5, 0.6) is 0 Å². The number of furan rings is 1. The fourth-order valence-corrected chi connectivity index (χ4v) is 2.97. The first-order valence-electron chi connectivity index (χ1n) is 9.91. The summed E-state index contributed by atoms with van der Waals surface area (Å²) >= 11 is 0. The third-order valence-corrected chi connectivity index (χ3v) is 4.78. The summed E-state index contributed by atoms with van der Waals surface area (Å²) in [6, 6.07) is 4.35. The molecular formula is C20H35N3O3. The van der Waals surface area contributed by atoms with Gasteiger partial charge in [-0.2, -0.15) is 0 Å². The number of ether oxygens (including phenoxy) is 2. The van der Waals surface area contributed by atoms with Crippen LogP contribution in [0.1, 0.15) is 45.3 Å². The standard InChI is InChI=1S/C20H35N3O3/c1-4-17(2)22-20(21-11-8-18-7-5-15-25-18)23-12-9-19(10-13-23)26-16-6-14-24-3/h5,7,15,17,19H,4,6,8-14,16H2,1-3H3,(H,21,22). The number of aliphatic imine (C=N–C) groups is 1. The zero-order chi connectivity index (χ0) is 18.6. The third kappa shape index (κ3) is 7.38. The lowest BCUT2D eigenvalue weighted by Crippen LogP contribution is -2.49. The summed E-state index contributed by atoms with van der Waals surface area (Å²) in [6.45, 7) is 8.65. The van der Waals surface area contributed by atoms with E-state index in [9.17, 15) is 0 Å². The average molecular weight is 366 g/mol. The van der Waals surface area contributed by atoms with Crippen molar-refractivity contribution in [1.82, 2.24) is 10.2 Å². The monoisotopic (exact) mass is 365 g/mol. The Balaban J connectivity index is 1.81. The molecule has 2 rings (SSSR count). The lowest BCUT2D eigenvalue weighted by atomic mass is 10.1. The lowest BCUT2D eigenvalue weighted by molar-refractivity contribution is 0.00982. The van der Waals surface area contributed by atoms with E-state index in [4.69, 9.17) is 18.9 Å². The summed E-state index contributed by atoms with van der Waals surface area (Å²) in [5.41, 5.74) is 0. The second kappa shape index (κ2) is 12.0. The molecule has 1 fully saturated rings. The van der Waals surface area contributed by atoms with Gasteiger partial charge in [-0.25, -0.2) is 0 Å². The van der Waals surface area contributed by atoms with E-state index >= 15 is 0 Å². The van der Waals surface area contributed by atoms with Gasteiger partial charge < -0.3 is 24.1 Å². The number of rotatable bonds is 10. The highest BCUT2D eigenvalue weighted by Crippen LogP contribution is 2.15. The molecule has 1 unspecified atom stereocenters. The minimum absolute atomic E-state index is 0.357. The van der Waals surface area contributed by atoms with Crippen molar-refractivity contribution in [3.05, 3.63) is 24.2 Å². The van der Waals surface area contributed by atoms with Crippen molar-refractivity contribution in [3.8, 4) is 0 Å². The Morgan fingerprint density at radius 2 is 2.19 bits per heavy atom. The Hall–Kier alpha value is -1.53. The first-order chi connectivity index (χ1) is 12.7. The van der Waals surface area contributed by atoms with Crippen LogP contribution >= 0.6 is 0 Å². The Labute approximate surface area is 157 Å². The van der Waals surface area contributed by atoms with Crippen molar-refractivity contribution in [2.24, 2.45) is 4.99 Å². The summed E-state index contributed by atoms with van der Waals surface area (Å²) in [5.74, 6) is 2.00. The fourth-order valence-electron chi connectivity index (χ4n) is 2.97. The van der Waals surface area contributed by atoms with Crippen molar-refractivity contribution in [1.29, 1.82) is 0 Å². The van der Waals surface area contributed by atoms with E-state index < -0.39 is 0 Å². The summed E-state index contributed by atoms with van der Waals surface area (Å²) < 4.78 is 16.4. The lowest BCUT2D eigenvalue weighted by Gasteiger charge is -2.35. The number of nitrogens with zero attached hydrogens (tertiary/aromatic N) is 2. The van der Waals surface area contributed by atoms with Crippen molar-refractivity contribution >= 4 is 5.96 Å². The normalized spacial score (nSPS) is 17.5. The van der Waals surface area contributed by atoms with Crippen molar-refractivity contribution in [3.63, 3.8) is 0 Å². The highest BCUT2D eigenvalue weighted by molar-refractivity contribution is 5.80. The SMILES string of the molecule is CCC(C)NC(=NCCc1ccco1)N1CCC(OCCCOC)CC1. The van der Waals surface area contributed by atoms with E-state index in [2.05, 4.69) is 24.1 Å². The average Bonchev–Trinajstić information content (AvgIpc) is 3.18. The van der Waals surface area contributed by atoms with E-state index in [1.807, 2.05) is 12.1 Å². The van der Waals surface area contributed by atoms with Crippen LogP contribution in [0.4, 0.5) is 0 Å². The topological polar surface area (TPSA) is 59.2 Å². The molecule has 2 heterocycles. The van der Waals surface area contributed by atoms with Gasteiger partial charge >= 0.3 is 0 Å². The summed E-state index contributed by atoms with van der Waals surface area (Å²) in [7, 11) is 1.73. The molecular weight excluding hydrogens is 330 g/mol. The van der Waals surface area contributed by atoms with Crippen molar-refractivity contribution in [2.45, 2.75) is 58.1 Å². The highest BCUT2D eigenvalue weighted by atomic mass is 16.5. The van der Waals surface area contributed by atoms with Gasteiger partial charge in [0.2, 0.25) is 0 Å². The second-order valence-corrected chi connectivity index (χ2v) is 6.89. The van der Waals surface area contributed by atoms with Crippen LogP contribution in [0, 0.1) is 0 Å². The number of guanidine groups is 1. The molecule has 0 amide bonds. The molecule has 1 aliphatic heterocycles. The van der Waals surface area contributed by atoms with E-state index in [0.717, 1.165) is 76.7 Å². The van der Waals surface area contributed by atoms with Crippen LogP contribution in [0.25, 0.3) is 0 Å². The van der Waals surface area contributed by atoms with Crippen LogP contribution in [0.2, 0.25) is 0 Å². The second-order valence-electron chi connectivity index (χ2n) is 6.89. The first-order valence-corrected chi connectivity index (χ1v) is 9.91. The van der Waals surface area contributed by atoms with Crippen LogP contribution in [-0.4, -0.2) is 63.0 Å². The summed E-state index contributed by atoms with van der Waals surface area (Å²) in [6.07, 6.45) is 7.05. The molecule has 0 aliphatic carbocycles. The molecule has 0 aromatic carbocycles. The van der Waals surface area contributed by atoms with Gasteiger partial charge in [-0.05, 0) is 44.7 Å². The molecule has 1 N–H and O–H groups in total.